The monoisotopic (exact) mass is 244 g/mol. The van der Waals surface area contributed by atoms with E-state index in [0.29, 0.717) is 16.5 Å². The molecule has 2 aromatic heterocycles. The van der Waals surface area contributed by atoms with Crippen LogP contribution in [-0.4, -0.2) is 22.1 Å². The fourth-order valence-corrected chi connectivity index (χ4v) is 1.46. The summed E-state index contributed by atoms with van der Waals surface area (Å²) in [6, 6.07) is 1.09. The van der Waals surface area contributed by atoms with Gasteiger partial charge in [0.25, 0.3) is 0 Å². The number of rotatable bonds is 2. The molecule has 7 heteroatoms. The van der Waals surface area contributed by atoms with Gasteiger partial charge in [0.2, 0.25) is 5.88 Å². The highest BCUT2D eigenvalue weighted by Gasteiger charge is 2.31. The maximum Gasteiger partial charge on any atom is 0.574 e. The summed E-state index contributed by atoms with van der Waals surface area (Å²) < 4.78 is 39.5. The van der Waals surface area contributed by atoms with E-state index in [1.165, 1.54) is 19.3 Å². The third-order valence-electron chi connectivity index (χ3n) is 2.14. The minimum atomic E-state index is -4.78. The number of carbonyl (C=O) groups excluding carboxylic acids is 1. The van der Waals surface area contributed by atoms with Crippen molar-refractivity contribution in [3.8, 4) is 5.88 Å². The van der Waals surface area contributed by atoms with Crippen LogP contribution >= 0.6 is 0 Å². The molecule has 2 heterocycles. The highest BCUT2D eigenvalue weighted by atomic mass is 19.4. The molecule has 0 aliphatic carbocycles. The molecular formula is C10H7F3N2O2. The number of hydrogen-bond donors (Lipinski definition) is 1. The number of H-pyrrole nitrogens is 1. The molecule has 17 heavy (non-hydrogen) atoms. The highest BCUT2D eigenvalue weighted by molar-refractivity contribution is 6.06. The van der Waals surface area contributed by atoms with Crippen molar-refractivity contribution in [3.63, 3.8) is 0 Å². The minimum absolute atomic E-state index is 0.192. The maximum atomic E-state index is 11.9. The quantitative estimate of drug-likeness (QED) is 0.826. The minimum Gasteiger partial charge on any atom is -0.388 e. The number of aromatic amines is 1. The number of pyridine rings is 1. The van der Waals surface area contributed by atoms with E-state index in [-0.39, 0.29) is 5.78 Å². The fourth-order valence-electron chi connectivity index (χ4n) is 1.46. The van der Waals surface area contributed by atoms with Crippen LogP contribution in [0.5, 0.6) is 5.88 Å². The first-order valence-electron chi connectivity index (χ1n) is 4.60. The van der Waals surface area contributed by atoms with Gasteiger partial charge in [0.05, 0.1) is 5.52 Å². The van der Waals surface area contributed by atoms with Crippen LogP contribution in [0.25, 0.3) is 10.9 Å². The van der Waals surface area contributed by atoms with E-state index in [0.717, 1.165) is 6.07 Å². The number of ketones is 1. The molecular weight excluding hydrogens is 237 g/mol. The van der Waals surface area contributed by atoms with Crippen molar-refractivity contribution in [2.24, 2.45) is 0 Å². The summed E-state index contributed by atoms with van der Waals surface area (Å²) >= 11 is 0. The van der Waals surface area contributed by atoms with Crippen LogP contribution in [-0.2, 0) is 0 Å². The van der Waals surface area contributed by atoms with E-state index in [1.807, 2.05) is 0 Å². The SMILES string of the molecule is CC(=O)c1c[nH]c2cc(OC(F)(F)F)ncc12. The van der Waals surface area contributed by atoms with Crippen molar-refractivity contribution >= 4 is 16.7 Å². The van der Waals surface area contributed by atoms with E-state index in [4.69, 9.17) is 0 Å². The Morgan fingerprint density at radius 3 is 2.76 bits per heavy atom. The first-order chi connectivity index (χ1) is 7.87. The van der Waals surface area contributed by atoms with E-state index < -0.39 is 12.2 Å². The van der Waals surface area contributed by atoms with Crippen molar-refractivity contribution in [3.05, 3.63) is 24.0 Å². The summed E-state index contributed by atoms with van der Waals surface area (Å²) in [7, 11) is 0. The summed E-state index contributed by atoms with van der Waals surface area (Å²) in [6.07, 6.45) is -2.19. The van der Waals surface area contributed by atoms with Crippen LogP contribution < -0.4 is 4.74 Å². The van der Waals surface area contributed by atoms with E-state index in [1.54, 1.807) is 0 Å². The highest BCUT2D eigenvalue weighted by Crippen LogP contribution is 2.25. The predicted octanol–water partition coefficient (Wildman–Crippen LogP) is 2.66. The Hall–Kier alpha value is -2.05. The average Bonchev–Trinajstić information content (AvgIpc) is 2.57. The molecule has 0 atom stereocenters. The van der Waals surface area contributed by atoms with Gasteiger partial charge in [-0.3, -0.25) is 4.79 Å². The molecule has 4 nitrogen and oxygen atoms in total. The molecule has 0 bridgehead atoms. The van der Waals surface area contributed by atoms with Gasteiger partial charge in [-0.15, -0.1) is 13.2 Å². The number of fused-ring (bicyclic) bond motifs is 1. The zero-order chi connectivity index (χ0) is 12.6. The van der Waals surface area contributed by atoms with Crippen LogP contribution in [0, 0.1) is 0 Å². The van der Waals surface area contributed by atoms with Gasteiger partial charge < -0.3 is 9.72 Å². The number of carbonyl (C=O) groups is 1. The van der Waals surface area contributed by atoms with Gasteiger partial charge in [0.15, 0.2) is 5.78 Å². The Bertz CT molecular complexity index is 574. The zero-order valence-electron chi connectivity index (χ0n) is 8.63. The van der Waals surface area contributed by atoms with Crippen molar-refractivity contribution < 1.29 is 22.7 Å². The van der Waals surface area contributed by atoms with Crippen molar-refractivity contribution in [1.29, 1.82) is 0 Å². The van der Waals surface area contributed by atoms with E-state index in [2.05, 4.69) is 14.7 Å². The lowest BCUT2D eigenvalue weighted by Gasteiger charge is -2.07. The summed E-state index contributed by atoms with van der Waals surface area (Å²) in [5.74, 6) is -0.760. The van der Waals surface area contributed by atoms with E-state index in [9.17, 15) is 18.0 Å². The number of halogens is 3. The van der Waals surface area contributed by atoms with Crippen LogP contribution in [0.15, 0.2) is 18.5 Å². The van der Waals surface area contributed by atoms with Crippen LogP contribution in [0.2, 0.25) is 0 Å². The van der Waals surface area contributed by atoms with Crippen LogP contribution in [0.4, 0.5) is 13.2 Å². The van der Waals surface area contributed by atoms with Crippen LogP contribution in [0.1, 0.15) is 17.3 Å². The van der Waals surface area contributed by atoms with Crippen molar-refractivity contribution in [1.82, 2.24) is 9.97 Å². The Balaban J connectivity index is 2.43. The van der Waals surface area contributed by atoms with Gasteiger partial charge in [-0.2, -0.15) is 0 Å². The third kappa shape index (κ3) is 2.38. The molecule has 0 fully saturated rings. The van der Waals surface area contributed by atoms with Gasteiger partial charge in [-0.25, -0.2) is 4.98 Å². The lowest BCUT2D eigenvalue weighted by Crippen LogP contribution is -2.17. The summed E-state index contributed by atoms with van der Waals surface area (Å²) in [5.41, 5.74) is 0.746. The second-order valence-corrected chi connectivity index (χ2v) is 3.37. The average molecular weight is 244 g/mol. The maximum absolute atomic E-state index is 11.9. The normalized spacial score (nSPS) is 11.8. The van der Waals surface area contributed by atoms with Gasteiger partial charge in [-0.1, -0.05) is 0 Å². The zero-order valence-corrected chi connectivity index (χ0v) is 8.63. The number of nitrogens with zero attached hydrogens (tertiary/aromatic N) is 1. The summed E-state index contributed by atoms with van der Waals surface area (Å²) in [5, 5.41) is 0.465. The molecule has 0 spiro atoms. The number of Topliss-reactive ketones (excluding diaryl/α,β-unsaturated/α-hetero) is 1. The molecule has 0 aliphatic heterocycles. The lowest BCUT2D eigenvalue weighted by molar-refractivity contribution is -0.276. The number of nitrogens with one attached hydrogen (secondary N) is 1. The molecule has 0 saturated carbocycles. The second-order valence-electron chi connectivity index (χ2n) is 3.37. The van der Waals surface area contributed by atoms with Crippen molar-refractivity contribution in [2.75, 3.05) is 0 Å². The Labute approximate surface area is 93.4 Å². The largest absolute Gasteiger partial charge is 0.574 e. The third-order valence-corrected chi connectivity index (χ3v) is 2.14. The smallest absolute Gasteiger partial charge is 0.388 e. The molecule has 90 valence electrons. The number of alkyl halides is 3. The van der Waals surface area contributed by atoms with Gasteiger partial charge in [0.1, 0.15) is 0 Å². The molecule has 0 saturated heterocycles. The van der Waals surface area contributed by atoms with Crippen molar-refractivity contribution in [2.45, 2.75) is 13.3 Å². The Morgan fingerprint density at radius 1 is 1.47 bits per heavy atom. The lowest BCUT2D eigenvalue weighted by atomic mass is 10.1. The molecule has 0 unspecified atom stereocenters. The number of ether oxygens (including phenoxy) is 1. The van der Waals surface area contributed by atoms with Gasteiger partial charge in [0, 0.05) is 29.4 Å². The van der Waals surface area contributed by atoms with Crippen LogP contribution in [0.3, 0.4) is 0 Å². The first kappa shape index (κ1) is 11.4. The van der Waals surface area contributed by atoms with Gasteiger partial charge in [-0.05, 0) is 6.92 Å². The Morgan fingerprint density at radius 2 is 2.18 bits per heavy atom. The molecule has 0 radical (unpaired) electrons. The first-order valence-corrected chi connectivity index (χ1v) is 4.60. The van der Waals surface area contributed by atoms with Gasteiger partial charge >= 0.3 is 6.36 Å². The molecule has 0 amide bonds. The number of aromatic nitrogens is 2. The van der Waals surface area contributed by atoms with E-state index >= 15 is 0 Å². The molecule has 1 N–H and O–H groups in total. The summed E-state index contributed by atoms with van der Waals surface area (Å²) in [4.78, 5) is 17.4. The predicted molar refractivity (Wildman–Crippen MR) is 52.8 cm³/mol. The number of hydrogen-bond acceptors (Lipinski definition) is 3. The second kappa shape index (κ2) is 3.76. The molecule has 2 aromatic rings. The topological polar surface area (TPSA) is 55.0 Å². The molecule has 0 aliphatic rings. The standard InChI is InChI=1S/C10H7F3N2O2/c1-5(16)6-3-14-8-2-9(15-4-7(6)8)17-10(11,12)13/h2-4,14H,1H3. The summed E-state index contributed by atoms with van der Waals surface area (Å²) in [6.45, 7) is 1.36. The molecule has 0 aromatic carbocycles. The Kier molecular flexibility index (Phi) is 2.53. The molecule has 2 rings (SSSR count). The fraction of sp³-hybridized carbons (Fsp3) is 0.200.